The number of aliphatic hydroxyl groups excluding tert-OH is 1. The quantitative estimate of drug-likeness (QED) is 0.730. The molecule has 1 fully saturated rings. The van der Waals surface area contributed by atoms with Crippen molar-refractivity contribution in [1.29, 1.82) is 0 Å². The van der Waals surface area contributed by atoms with Gasteiger partial charge in [0.25, 0.3) is 0 Å². The summed E-state index contributed by atoms with van der Waals surface area (Å²) >= 11 is 0. The van der Waals surface area contributed by atoms with Gasteiger partial charge in [0.05, 0.1) is 6.10 Å². The van der Waals surface area contributed by atoms with Gasteiger partial charge in [0.2, 0.25) is 5.91 Å². The Balaban J connectivity index is 2.33. The zero-order valence-electron chi connectivity index (χ0n) is 10.2. The smallest absolute Gasteiger partial charge is 0.222 e. The molecule has 0 aromatic rings. The maximum absolute atomic E-state index is 11.8. The Morgan fingerprint density at radius 3 is 2.88 bits per heavy atom. The van der Waals surface area contributed by atoms with E-state index in [9.17, 15) is 9.90 Å². The molecule has 2 N–H and O–H groups in total. The zero-order chi connectivity index (χ0) is 11.8. The standard InChI is InChI=1S/C12H24N2O2/c1-2-13-9-11(15)10-14-8-6-4-3-5-7-12(14)16/h11,13,15H,2-10H2,1H3. The van der Waals surface area contributed by atoms with Gasteiger partial charge in [-0.3, -0.25) is 4.79 Å². The summed E-state index contributed by atoms with van der Waals surface area (Å²) in [4.78, 5) is 13.6. The van der Waals surface area contributed by atoms with E-state index in [1.54, 1.807) is 0 Å². The van der Waals surface area contributed by atoms with Crippen LogP contribution in [0.1, 0.15) is 39.0 Å². The highest BCUT2D eigenvalue weighted by molar-refractivity contribution is 5.76. The molecule has 1 unspecified atom stereocenters. The molecule has 1 rings (SSSR count). The van der Waals surface area contributed by atoms with Crippen LogP contribution < -0.4 is 5.32 Å². The number of likely N-dealkylation sites (tertiary alicyclic amines) is 1. The van der Waals surface area contributed by atoms with Crippen molar-refractivity contribution >= 4 is 5.91 Å². The van der Waals surface area contributed by atoms with Crippen LogP contribution in [-0.2, 0) is 4.79 Å². The third-order valence-corrected chi connectivity index (χ3v) is 2.98. The molecule has 1 saturated heterocycles. The molecule has 1 atom stereocenters. The lowest BCUT2D eigenvalue weighted by Gasteiger charge is -2.27. The van der Waals surface area contributed by atoms with Crippen LogP contribution in [-0.4, -0.2) is 48.2 Å². The van der Waals surface area contributed by atoms with Gasteiger partial charge in [-0.05, 0) is 19.4 Å². The average molecular weight is 228 g/mol. The normalized spacial score (nSPS) is 20.4. The first-order valence-electron chi connectivity index (χ1n) is 6.40. The number of rotatable bonds is 5. The lowest BCUT2D eigenvalue weighted by atomic mass is 10.1. The van der Waals surface area contributed by atoms with E-state index in [1.165, 1.54) is 12.8 Å². The number of hydrogen-bond acceptors (Lipinski definition) is 3. The second-order valence-corrected chi connectivity index (χ2v) is 4.47. The number of aliphatic hydroxyl groups is 1. The molecule has 0 radical (unpaired) electrons. The highest BCUT2D eigenvalue weighted by atomic mass is 16.3. The highest BCUT2D eigenvalue weighted by Crippen LogP contribution is 2.11. The fourth-order valence-electron chi connectivity index (χ4n) is 2.04. The molecule has 1 aliphatic rings. The van der Waals surface area contributed by atoms with E-state index >= 15 is 0 Å². The number of carbonyl (C=O) groups excluding carboxylic acids is 1. The largest absolute Gasteiger partial charge is 0.390 e. The minimum Gasteiger partial charge on any atom is -0.390 e. The number of carbonyl (C=O) groups is 1. The molecular weight excluding hydrogens is 204 g/mol. The summed E-state index contributed by atoms with van der Waals surface area (Å²) in [6.45, 7) is 4.72. The minimum absolute atomic E-state index is 0.204. The van der Waals surface area contributed by atoms with E-state index in [2.05, 4.69) is 5.32 Å². The summed E-state index contributed by atoms with van der Waals surface area (Å²) in [6, 6.07) is 0. The molecule has 0 saturated carbocycles. The van der Waals surface area contributed by atoms with Gasteiger partial charge in [0.15, 0.2) is 0 Å². The lowest BCUT2D eigenvalue weighted by Crippen LogP contribution is -2.42. The Morgan fingerprint density at radius 1 is 1.38 bits per heavy atom. The van der Waals surface area contributed by atoms with Crippen LogP contribution in [0.15, 0.2) is 0 Å². The lowest BCUT2D eigenvalue weighted by molar-refractivity contribution is -0.133. The number of likely N-dealkylation sites (N-methyl/N-ethyl adjacent to an activating group) is 1. The van der Waals surface area contributed by atoms with E-state index in [0.29, 0.717) is 19.5 Å². The predicted octanol–water partition coefficient (Wildman–Crippen LogP) is 0.749. The van der Waals surface area contributed by atoms with Crippen LogP contribution in [0.25, 0.3) is 0 Å². The van der Waals surface area contributed by atoms with E-state index in [-0.39, 0.29) is 5.91 Å². The zero-order valence-corrected chi connectivity index (χ0v) is 10.2. The van der Waals surface area contributed by atoms with Crippen LogP contribution in [0, 0.1) is 0 Å². The van der Waals surface area contributed by atoms with Crippen molar-refractivity contribution in [2.24, 2.45) is 0 Å². The van der Waals surface area contributed by atoms with Gasteiger partial charge in [0, 0.05) is 26.1 Å². The van der Waals surface area contributed by atoms with Gasteiger partial charge in [-0.2, -0.15) is 0 Å². The SMILES string of the molecule is CCNCC(O)CN1CCCCCCC1=O. The van der Waals surface area contributed by atoms with Crippen molar-refractivity contribution < 1.29 is 9.90 Å². The summed E-state index contributed by atoms with van der Waals surface area (Å²) in [7, 11) is 0. The van der Waals surface area contributed by atoms with Gasteiger partial charge in [-0.15, -0.1) is 0 Å². The molecule has 0 aromatic carbocycles. The first-order chi connectivity index (χ1) is 7.74. The van der Waals surface area contributed by atoms with Crippen LogP contribution in [0.4, 0.5) is 0 Å². The van der Waals surface area contributed by atoms with Crippen molar-refractivity contribution in [3.63, 3.8) is 0 Å². The Hall–Kier alpha value is -0.610. The Kier molecular flexibility index (Phi) is 6.42. The van der Waals surface area contributed by atoms with Gasteiger partial charge >= 0.3 is 0 Å². The van der Waals surface area contributed by atoms with E-state index in [0.717, 1.165) is 25.9 Å². The molecule has 0 aromatic heterocycles. The number of nitrogens with one attached hydrogen (secondary N) is 1. The molecule has 94 valence electrons. The molecule has 0 aliphatic carbocycles. The van der Waals surface area contributed by atoms with Crippen LogP contribution in [0.5, 0.6) is 0 Å². The van der Waals surface area contributed by atoms with E-state index in [1.807, 2.05) is 11.8 Å². The Labute approximate surface area is 98.0 Å². The van der Waals surface area contributed by atoms with Crippen LogP contribution >= 0.6 is 0 Å². The Morgan fingerprint density at radius 2 is 2.12 bits per heavy atom. The summed E-state index contributed by atoms with van der Waals surface area (Å²) in [5.41, 5.74) is 0. The first-order valence-corrected chi connectivity index (χ1v) is 6.40. The second-order valence-electron chi connectivity index (χ2n) is 4.47. The van der Waals surface area contributed by atoms with Crippen molar-refractivity contribution in [3.8, 4) is 0 Å². The van der Waals surface area contributed by atoms with Crippen molar-refractivity contribution in [2.45, 2.75) is 45.1 Å². The van der Waals surface area contributed by atoms with Gasteiger partial charge in [-0.25, -0.2) is 0 Å². The van der Waals surface area contributed by atoms with Crippen molar-refractivity contribution in [3.05, 3.63) is 0 Å². The number of hydrogen-bond donors (Lipinski definition) is 2. The molecule has 4 heteroatoms. The molecule has 1 heterocycles. The topological polar surface area (TPSA) is 52.6 Å². The third-order valence-electron chi connectivity index (χ3n) is 2.98. The molecule has 0 bridgehead atoms. The number of β-amino-alcohol motifs (C(OH)–C–C–N with tert-alkyl or cyclic N) is 1. The maximum Gasteiger partial charge on any atom is 0.222 e. The second kappa shape index (κ2) is 7.63. The summed E-state index contributed by atoms with van der Waals surface area (Å²) < 4.78 is 0. The fourth-order valence-corrected chi connectivity index (χ4v) is 2.04. The van der Waals surface area contributed by atoms with E-state index in [4.69, 9.17) is 0 Å². The molecule has 4 nitrogen and oxygen atoms in total. The van der Waals surface area contributed by atoms with Crippen molar-refractivity contribution in [2.75, 3.05) is 26.2 Å². The molecule has 1 aliphatic heterocycles. The summed E-state index contributed by atoms with van der Waals surface area (Å²) in [5.74, 6) is 0.204. The van der Waals surface area contributed by atoms with Crippen LogP contribution in [0.2, 0.25) is 0 Å². The van der Waals surface area contributed by atoms with Gasteiger partial charge in [0.1, 0.15) is 0 Å². The monoisotopic (exact) mass is 228 g/mol. The minimum atomic E-state index is -0.441. The molecule has 16 heavy (non-hydrogen) atoms. The number of amides is 1. The summed E-state index contributed by atoms with van der Waals surface area (Å²) in [6.07, 6.45) is 4.64. The third kappa shape index (κ3) is 4.94. The first kappa shape index (κ1) is 13.5. The maximum atomic E-state index is 11.8. The predicted molar refractivity (Wildman–Crippen MR) is 64.2 cm³/mol. The number of nitrogens with zero attached hydrogens (tertiary/aromatic N) is 1. The molecule has 1 amide bonds. The van der Waals surface area contributed by atoms with Crippen molar-refractivity contribution in [1.82, 2.24) is 10.2 Å². The highest BCUT2D eigenvalue weighted by Gasteiger charge is 2.18. The molecule has 0 spiro atoms. The fraction of sp³-hybridized carbons (Fsp3) is 0.917. The van der Waals surface area contributed by atoms with E-state index < -0.39 is 6.10 Å². The average Bonchev–Trinajstić information content (AvgIpc) is 2.26. The van der Waals surface area contributed by atoms with Gasteiger partial charge < -0.3 is 15.3 Å². The molecular formula is C12H24N2O2. The van der Waals surface area contributed by atoms with Crippen LogP contribution in [0.3, 0.4) is 0 Å². The Bertz CT molecular complexity index is 209. The van der Waals surface area contributed by atoms with Gasteiger partial charge in [-0.1, -0.05) is 19.8 Å². The summed E-state index contributed by atoms with van der Waals surface area (Å²) in [5, 5.41) is 12.8.